The first kappa shape index (κ1) is 17.9. The van der Waals surface area contributed by atoms with E-state index >= 15 is 0 Å². The molecule has 7 heteroatoms. The molecule has 0 bridgehead atoms. The Morgan fingerprint density at radius 1 is 1.14 bits per heavy atom. The van der Waals surface area contributed by atoms with E-state index < -0.39 is 0 Å². The lowest BCUT2D eigenvalue weighted by molar-refractivity contribution is 0.0951. The molecule has 4 aromatic rings. The highest BCUT2D eigenvalue weighted by atomic mass is 16.1. The fourth-order valence-electron chi connectivity index (χ4n) is 3.03. The molecule has 4 rings (SSSR count). The van der Waals surface area contributed by atoms with Gasteiger partial charge in [0.15, 0.2) is 5.82 Å². The van der Waals surface area contributed by atoms with Crippen LogP contribution in [0.2, 0.25) is 0 Å². The van der Waals surface area contributed by atoms with Gasteiger partial charge in [-0.05, 0) is 32.3 Å². The highest BCUT2D eigenvalue weighted by Crippen LogP contribution is 2.27. The van der Waals surface area contributed by atoms with Crippen molar-refractivity contribution in [1.29, 1.82) is 0 Å². The van der Waals surface area contributed by atoms with Crippen LogP contribution in [0.1, 0.15) is 10.4 Å². The summed E-state index contributed by atoms with van der Waals surface area (Å²) in [5, 5.41) is 11.2. The van der Waals surface area contributed by atoms with E-state index in [0.29, 0.717) is 23.6 Å². The molecule has 142 valence electrons. The second-order valence-electron chi connectivity index (χ2n) is 6.89. The van der Waals surface area contributed by atoms with E-state index in [9.17, 15) is 4.79 Å². The van der Waals surface area contributed by atoms with Crippen LogP contribution in [0.5, 0.6) is 0 Å². The molecule has 0 saturated carbocycles. The zero-order valence-corrected chi connectivity index (χ0v) is 15.9. The Kier molecular flexibility index (Phi) is 4.90. The number of hydrogen-bond donors (Lipinski definition) is 3. The highest BCUT2D eigenvalue weighted by Gasteiger charge is 2.15. The SMILES string of the molecule is CN(C)CCNC(=O)c1ccc2[nH]nc(-c3nc(-c4ccccc4)c[nH]3)c2c1. The van der Waals surface area contributed by atoms with Gasteiger partial charge in [-0.15, -0.1) is 0 Å². The third kappa shape index (κ3) is 3.65. The number of imidazole rings is 1. The number of rotatable bonds is 6. The van der Waals surface area contributed by atoms with Crippen molar-refractivity contribution >= 4 is 16.8 Å². The van der Waals surface area contributed by atoms with Crippen LogP contribution in [0.4, 0.5) is 0 Å². The van der Waals surface area contributed by atoms with Crippen LogP contribution >= 0.6 is 0 Å². The summed E-state index contributed by atoms with van der Waals surface area (Å²) in [7, 11) is 3.95. The van der Waals surface area contributed by atoms with Gasteiger partial charge in [-0.1, -0.05) is 30.3 Å². The van der Waals surface area contributed by atoms with Gasteiger partial charge in [0.2, 0.25) is 0 Å². The van der Waals surface area contributed by atoms with Gasteiger partial charge in [0, 0.05) is 35.8 Å². The van der Waals surface area contributed by atoms with E-state index in [1.807, 2.05) is 67.7 Å². The Labute approximate surface area is 162 Å². The Morgan fingerprint density at radius 2 is 1.96 bits per heavy atom. The molecule has 0 spiro atoms. The maximum absolute atomic E-state index is 12.4. The second-order valence-corrected chi connectivity index (χ2v) is 6.89. The Bertz CT molecular complexity index is 1100. The average Bonchev–Trinajstić information content (AvgIpc) is 3.34. The lowest BCUT2D eigenvalue weighted by Gasteiger charge is -2.10. The Balaban J connectivity index is 1.62. The second kappa shape index (κ2) is 7.66. The van der Waals surface area contributed by atoms with Crippen molar-refractivity contribution in [3.63, 3.8) is 0 Å². The standard InChI is InChI=1S/C21H22N6O/c1-27(2)11-10-22-21(28)15-8-9-17-16(12-15)19(26-25-17)20-23-13-18(24-20)14-6-4-3-5-7-14/h3-9,12-13H,10-11H2,1-2H3,(H,22,28)(H,23,24)(H,25,26). The van der Waals surface area contributed by atoms with Crippen LogP contribution in [-0.2, 0) is 0 Å². The molecule has 28 heavy (non-hydrogen) atoms. The van der Waals surface area contributed by atoms with Gasteiger partial charge in [0.05, 0.1) is 11.2 Å². The van der Waals surface area contributed by atoms with Gasteiger partial charge < -0.3 is 15.2 Å². The number of aromatic amines is 2. The molecule has 1 amide bonds. The van der Waals surface area contributed by atoms with Crippen molar-refractivity contribution in [2.75, 3.05) is 27.2 Å². The van der Waals surface area contributed by atoms with Crippen LogP contribution in [0.25, 0.3) is 33.7 Å². The molecule has 7 nitrogen and oxygen atoms in total. The first-order chi connectivity index (χ1) is 13.6. The molecule has 0 aliphatic rings. The van der Waals surface area contributed by atoms with Crippen molar-refractivity contribution in [2.24, 2.45) is 0 Å². The zero-order chi connectivity index (χ0) is 19.5. The van der Waals surface area contributed by atoms with Gasteiger partial charge in [0.25, 0.3) is 5.91 Å². The molecule has 0 unspecified atom stereocenters. The predicted octanol–water partition coefficient (Wildman–Crippen LogP) is 2.91. The molecule has 0 saturated heterocycles. The topological polar surface area (TPSA) is 89.7 Å². The lowest BCUT2D eigenvalue weighted by atomic mass is 10.1. The van der Waals surface area contributed by atoms with E-state index in [1.165, 1.54) is 0 Å². The van der Waals surface area contributed by atoms with Gasteiger partial charge in [-0.3, -0.25) is 9.89 Å². The Morgan fingerprint density at radius 3 is 2.75 bits per heavy atom. The number of H-pyrrole nitrogens is 2. The van der Waals surface area contributed by atoms with E-state index in [4.69, 9.17) is 0 Å². The number of carbonyl (C=O) groups is 1. The normalized spacial score (nSPS) is 11.2. The van der Waals surface area contributed by atoms with Crippen molar-refractivity contribution in [1.82, 2.24) is 30.4 Å². The number of aromatic nitrogens is 4. The summed E-state index contributed by atoms with van der Waals surface area (Å²) in [6.45, 7) is 1.39. The maximum Gasteiger partial charge on any atom is 0.251 e. The lowest BCUT2D eigenvalue weighted by Crippen LogP contribution is -2.31. The summed E-state index contributed by atoms with van der Waals surface area (Å²) in [6, 6.07) is 15.5. The maximum atomic E-state index is 12.4. The number of fused-ring (bicyclic) bond motifs is 1. The number of benzene rings is 2. The molecule has 0 fully saturated rings. The first-order valence-electron chi connectivity index (χ1n) is 9.14. The van der Waals surface area contributed by atoms with Crippen molar-refractivity contribution in [3.05, 3.63) is 60.3 Å². The van der Waals surface area contributed by atoms with Gasteiger partial charge in [-0.2, -0.15) is 5.10 Å². The first-order valence-corrected chi connectivity index (χ1v) is 9.14. The number of likely N-dealkylation sites (N-methyl/N-ethyl adjacent to an activating group) is 1. The van der Waals surface area contributed by atoms with Gasteiger partial charge in [-0.25, -0.2) is 4.98 Å². The molecule has 0 aliphatic carbocycles. The van der Waals surface area contributed by atoms with E-state index in [0.717, 1.165) is 28.7 Å². The monoisotopic (exact) mass is 374 g/mol. The minimum absolute atomic E-state index is 0.0969. The summed E-state index contributed by atoms with van der Waals surface area (Å²) in [6.07, 6.45) is 1.86. The fourth-order valence-corrected chi connectivity index (χ4v) is 3.03. The third-order valence-electron chi connectivity index (χ3n) is 4.54. The highest BCUT2D eigenvalue weighted by molar-refractivity contribution is 6.01. The van der Waals surface area contributed by atoms with Crippen molar-refractivity contribution in [2.45, 2.75) is 0 Å². The zero-order valence-electron chi connectivity index (χ0n) is 15.9. The number of amides is 1. The van der Waals surface area contributed by atoms with Gasteiger partial charge >= 0.3 is 0 Å². The van der Waals surface area contributed by atoms with Crippen LogP contribution in [0, 0.1) is 0 Å². The van der Waals surface area contributed by atoms with Crippen molar-refractivity contribution in [3.8, 4) is 22.8 Å². The summed E-state index contributed by atoms with van der Waals surface area (Å²) in [4.78, 5) is 22.3. The molecule has 2 aromatic carbocycles. The largest absolute Gasteiger partial charge is 0.351 e. The van der Waals surface area contributed by atoms with Crippen LogP contribution in [0.15, 0.2) is 54.7 Å². The molecular formula is C21H22N6O. The van der Waals surface area contributed by atoms with Gasteiger partial charge in [0.1, 0.15) is 5.69 Å². The molecule has 0 atom stereocenters. The van der Waals surface area contributed by atoms with Crippen LogP contribution < -0.4 is 5.32 Å². The minimum Gasteiger partial charge on any atom is -0.351 e. The Hall–Kier alpha value is -3.45. The quantitative estimate of drug-likeness (QED) is 0.484. The molecular weight excluding hydrogens is 352 g/mol. The number of nitrogens with one attached hydrogen (secondary N) is 3. The number of hydrogen-bond acceptors (Lipinski definition) is 4. The van der Waals surface area contributed by atoms with E-state index in [1.54, 1.807) is 6.07 Å². The number of nitrogens with zero attached hydrogens (tertiary/aromatic N) is 3. The molecule has 2 aromatic heterocycles. The average molecular weight is 374 g/mol. The van der Waals surface area contributed by atoms with Crippen LogP contribution in [0.3, 0.4) is 0 Å². The third-order valence-corrected chi connectivity index (χ3v) is 4.54. The summed E-state index contributed by atoms with van der Waals surface area (Å²) < 4.78 is 0. The minimum atomic E-state index is -0.0969. The van der Waals surface area contributed by atoms with Crippen LogP contribution in [-0.4, -0.2) is 58.2 Å². The molecule has 0 radical (unpaired) electrons. The predicted molar refractivity (Wildman–Crippen MR) is 110 cm³/mol. The summed E-state index contributed by atoms with van der Waals surface area (Å²) >= 11 is 0. The summed E-state index contributed by atoms with van der Waals surface area (Å²) in [5.74, 6) is 0.565. The summed E-state index contributed by atoms with van der Waals surface area (Å²) in [5.41, 5.74) is 4.04. The smallest absolute Gasteiger partial charge is 0.251 e. The number of carbonyl (C=O) groups excluding carboxylic acids is 1. The molecule has 3 N–H and O–H groups in total. The van der Waals surface area contributed by atoms with Crippen molar-refractivity contribution < 1.29 is 4.79 Å². The molecule has 2 heterocycles. The van der Waals surface area contributed by atoms with E-state index in [2.05, 4.69) is 25.5 Å². The van der Waals surface area contributed by atoms with E-state index in [-0.39, 0.29) is 5.91 Å². The fraction of sp³-hybridized carbons (Fsp3) is 0.190. The molecule has 0 aliphatic heterocycles.